The van der Waals surface area contributed by atoms with Crippen molar-refractivity contribution in [3.05, 3.63) is 48.0 Å². The maximum Gasteiger partial charge on any atom is 0.422 e. The average molecular weight is 389 g/mol. The normalized spacial score (nSPS) is 19.2. The highest BCUT2D eigenvalue weighted by atomic mass is 19.4. The second-order valence-electron chi connectivity index (χ2n) is 6.39. The zero-order valence-corrected chi connectivity index (χ0v) is 14.6. The van der Waals surface area contributed by atoms with Crippen LogP contribution in [0.4, 0.5) is 19.1 Å². The van der Waals surface area contributed by atoms with Gasteiger partial charge in [0, 0.05) is 5.71 Å². The maximum absolute atomic E-state index is 12.6. The first-order chi connectivity index (χ1) is 13.3. The van der Waals surface area contributed by atoms with Crippen molar-refractivity contribution in [2.24, 2.45) is 10.9 Å². The fourth-order valence-electron chi connectivity index (χ4n) is 3.40. The van der Waals surface area contributed by atoms with Crippen molar-refractivity contribution >= 4 is 28.4 Å². The Bertz CT molecular complexity index is 1070. The summed E-state index contributed by atoms with van der Waals surface area (Å²) in [5.41, 5.74) is 0.974. The Hall–Kier alpha value is -3.30. The molecule has 2 heterocycles. The van der Waals surface area contributed by atoms with Crippen LogP contribution in [0, 0.1) is 5.92 Å². The Morgan fingerprint density at radius 3 is 2.71 bits per heavy atom. The number of hydrogen-bond acceptors (Lipinski definition) is 6. The van der Waals surface area contributed by atoms with Crippen LogP contribution in [0.15, 0.2) is 47.5 Å². The van der Waals surface area contributed by atoms with Crippen molar-refractivity contribution in [1.82, 2.24) is 20.2 Å². The summed E-state index contributed by atoms with van der Waals surface area (Å²) >= 11 is 0. The number of aliphatic imine (C=N–C) groups is 1. The molecular formula is C18H14F3N5O2. The van der Waals surface area contributed by atoms with Crippen LogP contribution in [0.2, 0.25) is 0 Å². The number of esters is 1. The molecule has 0 fully saturated rings. The first-order valence-electron chi connectivity index (χ1n) is 8.39. The molecule has 0 radical (unpaired) electrons. The molecule has 10 heteroatoms. The molecule has 1 aliphatic heterocycles. The molecule has 7 nitrogen and oxygen atoms in total. The van der Waals surface area contributed by atoms with Crippen LogP contribution in [0.1, 0.15) is 18.5 Å². The lowest BCUT2D eigenvalue weighted by Crippen LogP contribution is -2.38. The maximum atomic E-state index is 12.6. The van der Waals surface area contributed by atoms with Crippen LogP contribution in [0.25, 0.3) is 10.8 Å². The van der Waals surface area contributed by atoms with E-state index in [4.69, 9.17) is 0 Å². The summed E-state index contributed by atoms with van der Waals surface area (Å²) < 4.78 is 43.5. The van der Waals surface area contributed by atoms with Crippen LogP contribution in [-0.4, -0.2) is 44.7 Å². The van der Waals surface area contributed by atoms with Gasteiger partial charge in [-0.05, 0) is 33.7 Å². The molecule has 1 aliphatic rings. The molecule has 0 saturated carbocycles. The fourth-order valence-corrected chi connectivity index (χ4v) is 3.40. The molecule has 0 amide bonds. The smallest absolute Gasteiger partial charge is 0.422 e. The van der Waals surface area contributed by atoms with E-state index < -0.39 is 30.7 Å². The Labute approximate surface area is 156 Å². The number of benzene rings is 2. The summed E-state index contributed by atoms with van der Waals surface area (Å²) in [6.45, 7) is -0.115. The number of nitrogens with zero attached hydrogens (tertiary/aromatic N) is 5. The lowest BCUT2D eigenvalue weighted by molar-refractivity contribution is -0.188. The van der Waals surface area contributed by atoms with Crippen LogP contribution < -0.4 is 0 Å². The summed E-state index contributed by atoms with van der Waals surface area (Å²) in [5, 5.41) is 13.1. The van der Waals surface area contributed by atoms with Crippen molar-refractivity contribution in [2.45, 2.75) is 19.1 Å². The molecular weight excluding hydrogens is 375 g/mol. The van der Waals surface area contributed by atoms with E-state index in [1.807, 2.05) is 30.3 Å². The largest absolute Gasteiger partial charge is 0.455 e. The quantitative estimate of drug-likeness (QED) is 0.643. The van der Waals surface area contributed by atoms with E-state index in [2.05, 4.69) is 25.3 Å². The van der Waals surface area contributed by atoms with Gasteiger partial charge in [-0.3, -0.25) is 4.79 Å². The number of alkyl halides is 3. The zero-order chi connectivity index (χ0) is 19.9. The molecule has 0 bridgehead atoms. The number of rotatable bonds is 3. The number of halogens is 3. The standard InChI is InChI=1S/C18H14F3N5O2/c1-10-14(16(27)28-9-18(19,20)21)15(26-17(22-10)23-24-25-26)13-8-4-6-11-5-2-3-7-12(11)13/h2-8,14-15H,9H2,1H3. The highest BCUT2D eigenvalue weighted by Gasteiger charge is 2.42. The molecule has 1 aromatic heterocycles. The van der Waals surface area contributed by atoms with Gasteiger partial charge in [0.1, 0.15) is 12.0 Å². The summed E-state index contributed by atoms with van der Waals surface area (Å²) in [7, 11) is 0. The van der Waals surface area contributed by atoms with Crippen LogP contribution in [0.5, 0.6) is 0 Å². The first-order valence-corrected chi connectivity index (χ1v) is 8.39. The van der Waals surface area contributed by atoms with Gasteiger partial charge in [-0.1, -0.05) is 47.6 Å². The van der Waals surface area contributed by atoms with Gasteiger partial charge in [0.05, 0.1) is 0 Å². The predicted octanol–water partition coefficient (Wildman–Crippen LogP) is 3.24. The minimum atomic E-state index is -4.62. The number of fused-ring (bicyclic) bond motifs is 2. The van der Waals surface area contributed by atoms with Gasteiger partial charge in [-0.15, -0.1) is 0 Å². The van der Waals surface area contributed by atoms with Crippen molar-refractivity contribution in [3.8, 4) is 0 Å². The van der Waals surface area contributed by atoms with E-state index in [-0.39, 0.29) is 11.7 Å². The van der Waals surface area contributed by atoms with Gasteiger partial charge < -0.3 is 4.74 Å². The van der Waals surface area contributed by atoms with Crippen molar-refractivity contribution < 1.29 is 22.7 Å². The van der Waals surface area contributed by atoms with E-state index in [0.717, 1.165) is 10.8 Å². The lowest BCUT2D eigenvalue weighted by atomic mass is 9.86. The fraction of sp³-hybridized carbons (Fsp3) is 0.278. The molecule has 2 atom stereocenters. The van der Waals surface area contributed by atoms with Gasteiger partial charge in [0.15, 0.2) is 6.61 Å². The molecule has 0 aliphatic carbocycles. The number of carbonyl (C=O) groups is 1. The highest BCUT2D eigenvalue weighted by Crippen LogP contribution is 2.38. The van der Waals surface area contributed by atoms with E-state index >= 15 is 0 Å². The third-order valence-corrected chi connectivity index (χ3v) is 4.56. The van der Waals surface area contributed by atoms with E-state index in [1.165, 1.54) is 4.68 Å². The number of ether oxygens (including phenoxy) is 1. The number of tetrazole rings is 1. The SMILES string of the molecule is CC1=Nc2nnnn2C(c2cccc3ccccc23)C1C(=O)OCC(F)(F)F. The van der Waals surface area contributed by atoms with Gasteiger partial charge >= 0.3 is 12.1 Å². The molecule has 0 N–H and O–H groups in total. The molecule has 0 saturated heterocycles. The Morgan fingerprint density at radius 1 is 1.18 bits per heavy atom. The van der Waals surface area contributed by atoms with E-state index in [1.54, 1.807) is 19.1 Å². The van der Waals surface area contributed by atoms with Crippen molar-refractivity contribution in [3.63, 3.8) is 0 Å². The van der Waals surface area contributed by atoms with Gasteiger partial charge in [0.25, 0.3) is 5.95 Å². The Balaban J connectivity index is 1.83. The third kappa shape index (κ3) is 3.21. The van der Waals surface area contributed by atoms with Gasteiger partial charge in [-0.2, -0.15) is 13.2 Å². The molecule has 2 unspecified atom stereocenters. The highest BCUT2D eigenvalue weighted by molar-refractivity contribution is 6.04. The zero-order valence-electron chi connectivity index (χ0n) is 14.6. The van der Waals surface area contributed by atoms with Gasteiger partial charge in [-0.25, -0.2) is 9.67 Å². The molecule has 2 aromatic carbocycles. The van der Waals surface area contributed by atoms with Gasteiger partial charge in [0.2, 0.25) is 0 Å². The molecule has 3 aromatic rings. The number of hydrogen-bond donors (Lipinski definition) is 0. The monoisotopic (exact) mass is 389 g/mol. The second kappa shape index (κ2) is 6.70. The van der Waals surface area contributed by atoms with Crippen LogP contribution in [-0.2, 0) is 9.53 Å². The van der Waals surface area contributed by atoms with E-state index in [9.17, 15) is 18.0 Å². The Kier molecular flexibility index (Phi) is 4.33. The summed E-state index contributed by atoms with van der Waals surface area (Å²) in [6.07, 6.45) is -4.62. The summed E-state index contributed by atoms with van der Waals surface area (Å²) in [4.78, 5) is 16.8. The number of aromatic nitrogens is 4. The minimum absolute atomic E-state index is 0.176. The van der Waals surface area contributed by atoms with Crippen LogP contribution in [0.3, 0.4) is 0 Å². The molecule has 28 heavy (non-hydrogen) atoms. The first kappa shape index (κ1) is 18.1. The number of carbonyl (C=O) groups excluding carboxylic acids is 1. The predicted molar refractivity (Wildman–Crippen MR) is 93.2 cm³/mol. The van der Waals surface area contributed by atoms with Crippen molar-refractivity contribution in [1.29, 1.82) is 0 Å². The lowest BCUT2D eigenvalue weighted by Gasteiger charge is -2.30. The van der Waals surface area contributed by atoms with Crippen LogP contribution >= 0.6 is 0 Å². The molecule has 144 valence electrons. The summed E-state index contributed by atoms with van der Waals surface area (Å²) in [5.74, 6) is -1.95. The van der Waals surface area contributed by atoms with E-state index in [0.29, 0.717) is 5.56 Å². The second-order valence-corrected chi connectivity index (χ2v) is 6.39. The minimum Gasteiger partial charge on any atom is -0.455 e. The topological polar surface area (TPSA) is 82.3 Å². The molecule has 4 rings (SSSR count). The Morgan fingerprint density at radius 2 is 1.93 bits per heavy atom. The average Bonchev–Trinajstić information content (AvgIpc) is 3.12. The molecule has 0 spiro atoms. The third-order valence-electron chi connectivity index (χ3n) is 4.56. The summed E-state index contributed by atoms with van der Waals surface area (Å²) in [6, 6.07) is 12.2. The van der Waals surface area contributed by atoms with Crippen molar-refractivity contribution in [2.75, 3.05) is 6.61 Å².